The van der Waals surface area contributed by atoms with Crippen LogP contribution in [0, 0.1) is 0 Å². The van der Waals surface area contributed by atoms with Gasteiger partial charge in [0.2, 0.25) is 0 Å². The zero-order chi connectivity index (χ0) is 15.2. The summed E-state index contributed by atoms with van der Waals surface area (Å²) in [4.78, 5) is 12.1. The van der Waals surface area contributed by atoms with Gasteiger partial charge >= 0.3 is 0 Å². The SMILES string of the molecule is COc1cccc(NC(=O)C(C)Oc2ccc(Br)cc2)c1. The molecule has 0 radical (unpaired) electrons. The van der Waals surface area contributed by atoms with Gasteiger partial charge in [-0.15, -0.1) is 0 Å². The molecule has 2 aromatic rings. The fraction of sp³-hybridized carbons (Fsp3) is 0.188. The van der Waals surface area contributed by atoms with Gasteiger partial charge in [-0.25, -0.2) is 0 Å². The zero-order valence-electron chi connectivity index (χ0n) is 11.8. The van der Waals surface area contributed by atoms with E-state index in [2.05, 4.69) is 21.2 Å². The Morgan fingerprint density at radius 1 is 1.14 bits per heavy atom. The third-order valence-electron chi connectivity index (χ3n) is 2.83. The van der Waals surface area contributed by atoms with Crippen molar-refractivity contribution >= 4 is 27.5 Å². The van der Waals surface area contributed by atoms with Crippen LogP contribution in [-0.2, 0) is 4.79 Å². The molecule has 0 aliphatic heterocycles. The van der Waals surface area contributed by atoms with Crippen molar-refractivity contribution in [2.24, 2.45) is 0 Å². The molecule has 21 heavy (non-hydrogen) atoms. The number of anilines is 1. The monoisotopic (exact) mass is 349 g/mol. The topological polar surface area (TPSA) is 47.6 Å². The number of carbonyl (C=O) groups is 1. The van der Waals surface area contributed by atoms with Crippen LogP contribution in [0.5, 0.6) is 11.5 Å². The highest BCUT2D eigenvalue weighted by Crippen LogP contribution is 2.19. The van der Waals surface area contributed by atoms with Crippen LogP contribution in [0.2, 0.25) is 0 Å². The lowest BCUT2D eigenvalue weighted by molar-refractivity contribution is -0.122. The Labute approximate surface area is 132 Å². The maximum atomic E-state index is 12.1. The van der Waals surface area contributed by atoms with Crippen molar-refractivity contribution in [3.8, 4) is 11.5 Å². The van der Waals surface area contributed by atoms with Gasteiger partial charge in [-0.1, -0.05) is 22.0 Å². The first-order valence-corrected chi connectivity index (χ1v) is 7.25. The van der Waals surface area contributed by atoms with E-state index in [1.165, 1.54) is 0 Å². The highest BCUT2D eigenvalue weighted by Gasteiger charge is 2.15. The first kappa shape index (κ1) is 15.4. The van der Waals surface area contributed by atoms with Crippen molar-refractivity contribution in [2.45, 2.75) is 13.0 Å². The lowest BCUT2D eigenvalue weighted by atomic mass is 10.2. The summed E-state index contributed by atoms with van der Waals surface area (Å²) in [5.74, 6) is 1.12. The highest BCUT2D eigenvalue weighted by molar-refractivity contribution is 9.10. The molecular weight excluding hydrogens is 334 g/mol. The first-order chi connectivity index (χ1) is 10.1. The molecule has 110 valence electrons. The fourth-order valence-electron chi connectivity index (χ4n) is 1.72. The number of benzene rings is 2. The van der Waals surface area contributed by atoms with E-state index in [1.54, 1.807) is 38.3 Å². The minimum Gasteiger partial charge on any atom is -0.497 e. The second kappa shape index (κ2) is 7.13. The smallest absolute Gasteiger partial charge is 0.265 e. The Kier molecular flexibility index (Phi) is 5.22. The molecule has 1 amide bonds. The fourth-order valence-corrected chi connectivity index (χ4v) is 1.98. The summed E-state index contributed by atoms with van der Waals surface area (Å²) >= 11 is 3.35. The van der Waals surface area contributed by atoms with Crippen LogP contribution in [0.1, 0.15) is 6.92 Å². The van der Waals surface area contributed by atoms with Crippen LogP contribution >= 0.6 is 15.9 Å². The Morgan fingerprint density at radius 3 is 2.52 bits per heavy atom. The Bertz CT molecular complexity index is 613. The zero-order valence-corrected chi connectivity index (χ0v) is 13.4. The molecule has 0 aromatic heterocycles. The molecule has 0 heterocycles. The first-order valence-electron chi connectivity index (χ1n) is 6.45. The highest BCUT2D eigenvalue weighted by atomic mass is 79.9. The predicted octanol–water partition coefficient (Wildman–Crippen LogP) is 3.86. The van der Waals surface area contributed by atoms with Gasteiger partial charge in [-0.2, -0.15) is 0 Å². The van der Waals surface area contributed by atoms with E-state index in [9.17, 15) is 4.79 Å². The molecule has 0 aliphatic rings. The molecule has 4 nitrogen and oxygen atoms in total. The normalized spacial score (nSPS) is 11.6. The van der Waals surface area contributed by atoms with E-state index in [1.807, 2.05) is 24.3 Å². The van der Waals surface area contributed by atoms with Gasteiger partial charge in [0.1, 0.15) is 11.5 Å². The number of halogens is 1. The van der Waals surface area contributed by atoms with Crippen LogP contribution in [0.25, 0.3) is 0 Å². The molecule has 0 saturated heterocycles. The number of amides is 1. The summed E-state index contributed by atoms with van der Waals surface area (Å²) in [5, 5.41) is 2.79. The Hall–Kier alpha value is -2.01. The maximum absolute atomic E-state index is 12.1. The van der Waals surface area contributed by atoms with Crippen molar-refractivity contribution in [3.63, 3.8) is 0 Å². The number of hydrogen-bond donors (Lipinski definition) is 1. The largest absolute Gasteiger partial charge is 0.497 e. The molecule has 2 aromatic carbocycles. The number of methoxy groups -OCH3 is 1. The summed E-state index contributed by atoms with van der Waals surface area (Å²) < 4.78 is 11.7. The maximum Gasteiger partial charge on any atom is 0.265 e. The van der Waals surface area contributed by atoms with Gasteiger partial charge in [0.25, 0.3) is 5.91 Å². The van der Waals surface area contributed by atoms with Crippen molar-refractivity contribution in [1.82, 2.24) is 0 Å². The van der Waals surface area contributed by atoms with Crippen molar-refractivity contribution in [2.75, 3.05) is 12.4 Å². The molecular formula is C16H16BrNO3. The van der Waals surface area contributed by atoms with Gasteiger partial charge in [-0.3, -0.25) is 4.79 Å². The second-order valence-electron chi connectivity index (χ2n) is 4.44. The van der Waals surface area contributed by atoms with E-state index in [0.717, 1.165) is 4.47 Å². The van der Waals surface area contributed by atoms with E-state index in [4.69, 9.17) is 9.47 Å². The van der Waals surface area contributed by atoms with Crippen LogP contribution < -0.4 is 14.8 Å². The van der Waals surface area contributed by atoms with E-state index in [0.29, 0.717) is 17.2 Å². The molecule has 0 spiro atoms. The van der Waals surface area contributed by atoms with Crippen molar-refractivity contribution < 1.29 is 14.3 Å². The predicted molar refractivity (Wildman–Crippen MR) is 85.9 cm³/mol. The van der Waals surface area contributed by atoms with E-state index in [-0.39, 0.29) is 5.91 Å². The van der Waals surface area contributed by atoms with Gasteiger partial charge in [0.15, 0.2) is 6.10 Å². The number of carbonyl (C=O) groups excluding carboxylic acids is 1. The summed E-state index contributed by atoms with van der Waals surface area (Å²) in [6.07, 6.45) is -0.600. The third kappa shape index (κ3) is 4.49. The van der Waals surface area contributed by atoms with Gasteiger partial charge < -0.3 is 14.8 Å². The quantitative estimate of drug-likeness (QED) is 0.891. The van der Waals surface area contributed by atoms with Crippen molar-refractivity contribution in [1.29, 1.82) is 0 Å². The summed E-state index contributed by atoms with van der Waals surface area (Å²) in [7, 11) is 1.58. The van der Waals surface area contributed by atoms with Gasteiger partial charge in [0.05, 0.1) is 7.11 Å². The van der Waals surface area contributed by atoms with Gasteiger partial charge in [-0.05, 0) is 43.3 Å². The summed E-state index contributed by atoms with van der Waals surface area (Å²) in [6, 6.07) is 14.5. The molecule has 1 atom stereocenters. The minimum absolute atomic E-state index is 0.217. The average Bonchev–Trinajstić information content (AvgIpc) is 2.49. The molecule has 5 heteroatoms. The lowest BCUT2D eigenvalue weighted by Crippen LogP contribution is -2.30. The average molecular weight is 350 g/mol. The summed E-state index contributed by atoms with van der Waals surface area (Å²) in [6.45, 7) is 1.71. The van der Waals surface area contributed by atoms with Crippen LogP contribution in [0.4, 0.5) is 5.69 Å². The standard InChI is InChI=1S/C16H16BrNO3/c1-11(21-14-8-6-12(17)7-9-14)16(19)18-13-4-3-5-15(10-13)20-2/h3-11H,1-2H3,(H,18,19). The van der Waals surface area contributed by atoms with Crippen molar-refractivity contribution in [3.05, 3.63) is 53.0 Å². The molecule has 1 unspecified atom stereocenters. The molecule has 1 N–H and O–H groups in total. The van der Waals surface area contributed by atoms with Crippen LogP contribution in [0.3, 0.4) is 0 Å². The number of ether oxygens (including phenoxy) is 2. The molecule has 0 saturated carbocycles. The summed E-state index contributed by atoms with van der Waals surface area (Å²) in [5.41, 5.74) is 0.672. The van der Waals surface area contributed by atoms with E-state index < -0.39 is 6.10 Å². The van der Waals surface area contributed by atoms with Gasteiger partial charge in [0, 0.05) is 16.2 Å². The molecule has 2 rings (SSSR count). The van der Waals surface area contributed by atoms with Crippen LogP contribution in [-0.4, -0.2) is 19.1 Å². The third-order valence-corrected chi connectivity index (χ3v) is 3.36. The van der Waals surface area contributed by atoms with E-state index >= 15 is 0 Å². The minimum atomic E-state index is -0.600. The number of hydrogen-bond acceptors (Lipinski definition) is 3. The number of nitrogens with one attached hydrogen (secondary N) is 1. The Balaban J connectivity index is 1.97. The Morgan fingerprint density at radius 2 is 1.86 bits per heavy atom. The number of rotatable bonds is 5. The molecule has 0 fully saturated rings. The van der Waals surface area contributed by atoms with Crippen LogP contribution in [0.15, 0.2) is 53.0 Å². The molecule has 0 aliphatic carbocycles. The molecule has 0 bridgehead atoms. The lowest BCUT2D eigenvalue weighted by Gasteiger charge is -2.15. The second-order valence-corrected chi connectivity index (χ2v) is 5.35.